The summed E-state index contributed by atoms with van der Waals surface area (Å²) in [5.74, 6) is 0.465. The Kier molecular flexibility index (Phi) is 3.41. The molecule has 0 unspecified atom stereocenters. The number of hydrogen-bond acceptors (Lipinski definition) is 2. The van der Waals surface area contributed by atoms with Gasteiger partial charge in [0.05, 0.1) is 16.7 Å². The van der Waals surface area contributed by atoms with E-state index < -0.39 is 0 Å². The van der Waals surface area contributed by atoms with E-state index in [9.17, 15) is 0 Å². The Hall–Kier alpha value is -0.850. The van der Waals surface area contributed by atoms with Crippen molar-refractivity contribution < 1.29 is 0 Å². The molecular weight excluding hydrogens is 438 g/mol. The fraction of sp³-hybridized carbons (Fsp3) is 0. The summed E-state index contributed by atoms with van der Waals surface area (Å²) in [6.07, 6.45) is 0. The summed E-state index contributed by atoms with van der Waals surface area (Å²) in [5, 5.41) is 0. The van der Waals surface area contributed by atoms with Gasteiger partial charge in [0.2, 0.25) is 5.95 Å². The van der Waals surface area contributed by atoms with Crippen LogP contribution in [-0.2, 0) is 0 Å². The molecule has 3 rings (SSSR count). The molecule has 0 aliphatic rings. The van der Waals surface area contributed by atoms with E-state index in [-0.39, 0.29) is 0 Å². The van der Waals surface area contributed by atoms with Crippen LogP contribution in [0, 0.1) is 0 Å². The van der Waals surface area contributed by atoms with E-state index in [1.165, 1.54) is 0 Å². The number of benzene rings is 2. The Labute approximate surface area is 135 Å². The lowest BCUT2D eigenvalue weighted by Crippen LogP contribution is -2.01. The average molecular weight is 446 g/mol. The van der Waals surface area contributed by atoms with E-state index in [0.29, 0.717) is 5.95 Å². The van der Waals surface area contributed by atoms with E-state index >= 15 is 0 Å². The van der Waals surface area contributed by atoms with Crippen LogP contribution in [0.5, 0.6) is 0 Å². The molecule has 0 fully saturated rings. The molecule has 2 aromatic carbocycles. The number of nitrogens with zero attached hydrogens (tertiary/aromatic N) is 2. The smallest absolute Gasteiger partial charge is 0.205 e. The Morgan fingerprint density at radius 3 is 2.42 bits per heavy atom. The summed E-state index contributed by atoms with van der Waals surface area (Å²) in [4.78, 5) is 4.40. The molecular formula is C13H8Br3N3. The Balaban J connectivity index is 2.36. The van der Waals surface area contributed by atoms with Crippen molar-refractivity contribution in [2.75, 3.05) is 5.73 Å². The van der Waals surface area contributed by atoms with Gasteiger partial charge in [0.15, 0.2) is 0 Å². The third-order valence-electron chi connectivity index (χ3n) is 2.79. The van der Waals surface area contributed by atoms with Crippen LogP contribution < -0.4 is 5.73 Å². The van der Waals surface area contributed by atoms with Crippen molar-refractivity contribution in [2.24, 2.45) is 0 Å². The van der Waals surface area contributed by atoms with Crippen LogP contribution in [0.4, 0.5) is 5.95 Å². The molecule has 0 radical (unpaired) electrons. The van der Waals surface area contributed by atoms with Crippen molar-refractivity contribution in [3.8, 4) is 5.69 Å². The van der Waals surface area contributed by atoms with Gasteiger partial charge in [-0.2, -0.15) is 0 Å². The number of hydrogen-bond donors (Lipinski definition) is 1. The lowest BCUT2D eigenvalue weighted by atomic mass is 10.3. The summed E-state index contributed by atoms with van der Waals surface area (Å²) in [6, 6.07) is 11.9. The van der Waals surface area contributed by atoms with Gasteiger partial charge < -0.3 is 5.73 Å². The first-order valence-corrected chi connectivity index (χ1v) is 7.83. The normalized spacial score (nSPS) is 11.1. The highest BCUT2D eigenvalue weighted by atomic mass is 79.9. The Bertz CT molecular complexity index is 780. The lowest BCUT2D eigenvalue weighted by Gasteiger charge is -2.09. The highest BCUT2D eigenvalue weighted by Crippen LogP contribution is 2.31. The molecule has 3 aromatic rings. The number of nitrogen functional groups attached to an aromatic ring is 1. The molecule has 0 atom stereocenters. The van der Waals surface area contributed by atoms with Crippen molar-refractivity contribution in [2.45, 2.75) is 0 Å². The van der Waals surface area contributed by atoms with Gasteiger partial charge in [-0.25, -0.2) is 4.98 Å². The molecule has 3 nitrogen and oxygen atoms in total. The summed E-state index contributed by atoms with van der Waals surface area (Å²) in [6.45, 7) is 0. The van der Waals surface area contributed by atoms with Crippen LogP contribution >= 0.6 is 47.8 Å². The number of nitrogens with two attached hydrogens (primary N) is 1. The fourth-order valence-electron chi connectivity index (χ4n) is 1.98. The first kappa shape index (κ1) is 13.1. The van der Waals surface area contributed by atoms with Crippen LogP contribution in [0.3, 0.4) is 0 Å². The van der Waals surface area contributed by atoms with Gasteiger partial charge in [0.1, 0.15) is 0 Å². The number of fused-ring (bicyclic) bond motifs is 1. The third kappa shape index (κ3) is 2.32. The van der Waals surface area contributed by atoms with Gasteiger partial charge in [-0.1, -0.05) is 31.9 Å². The number of imidazole rings is 1. The molecule has 0 amide bonds. The maximum absolute atomic E-state index is 6.05. The van der Waals surface area contributed by atoms with E-state index in [4.69, 9.17) is 5.73 Å². The summed E-state index contributed by atoms with van der Waals surface area (Å²) in [5.41, 5.74) is 8.84. The number of halogens is 3. The zero-order valence-electron chi connectivity index (χ0n) is 9.57. The molecule has 2 N–H and O–H groups in total. The lowest BCUT2D eigenvalue weighted by molar-refractivity contribution is 1.10. The number of aromatic nitrogens is 2. The second-order valence-corrected chi connectivity index (χ2v) is 6.72. The standard InChI is InChI=1S/C13H8Br3N3/c14-7-2-4-11-10(5-7)18-13(17)19(11)12-6-8(15)1-3-9(12)16/h1-6H,(H2,17,18). The summed E-state index contributed by atoms with van der Waals surface area (Å²) >= 11 is 10.5. The molecule has 1 heterocycles. The number of anilines is 1. The first-order valence-electron chi connectivity index (χ1n) is 5.45. The third-order valence-corrected chi connectivity index (χ3v) is 4.45. The van der Waals surface area contributed by atoms with Crippen molar-refractivity contribution in [3.63, 3.8) is 0 Å². The molecule has 0 saturated carbocycles. The SMILES string of the molecule is Nc1nc2cc(Br)ccc2n1-c1cc(Br)ccc1Br. The first-order chi connectivity index (χ1) is 9.06. The van der Waals surface area contributed by atoms with E-state index in [0.717, 1.165) is 30.1 Å². The van der Waals surface area contributed by atoms with Gasteiger partial charge in [0.25, 0.3) is 0 Å². The predicted molar refractivity (Wildman–Crippen MR) is 88.6 cm³/mol. The highest BCUT2D eigenvalue weighted by molar-refractivity contribution is 9.11. The van der Waals surface area contributed by atoms with Crippen molar-refractivity contribution in [3.05, 3.63) is 49.8 Å². The maximum atomic E-state index is 6.05. The fourth-order valence-corrected chi connectivity index (χ4v) is 3.10. The van der Waals surface area contributed by atoms with Crippen LogP contribution in [0.25, 0.3) is 16.7 Å². The van der Waals surface area contributed by atoms with Gasteiger partial charge in [-0.15, -0.1) is 0 Å². The Morgan fingerprint density at radius 1 is 0.947 bits per heavy atom. The minimum atomic E-state index is 0.465. The molecule has 0 spiro atoms. The van der Waals surface area contributed by atoms with Crippen LogP contribution in [0.15, 0.2) is 49.8 Å². The molecule has 0 saturated heterocycles. The van der Waals surface area contributed by atoms with E-state index in [1.807, 2.05) is 41.0 Å². The van der Waals surface area contributed by atoms with Gasteiger partial charge in [0, 0.05) is 13.4 Å². The van der Waals surface area contributed by atoms with Crippen LogP contribution in [0.1, 0.15) is 0 Å². The van der Waals surface area contributed by atoms with Gasteiger partial charge in [-0.3, -0.25) is 4.57 Å². The highest BCUT2D eigenvalue weighted by Gasteiger charge is 2.13. The van der Waals surface area contributed by atoms with Crippen LogP contribution in [-0.4, -0.2) is 9.55 Å². The Morgan fingerprint density at radius 2 is 1.63 bits per heavy atom. The monoisotopic (exact) mass is 443 g/mol. The largest absolute Gasteiger partial charge is 0.369 e. The topological polar surface area (TPSA) is 43.8 Å². The summed E-state index contributed by atoms with van der Waals surface area (Å²) < 4.78 is 4.86. The molecule has 0 aliphatic heterocycles. The van der Waals surface area contributed by atoms with Gasteiger partial charge >= 0.3 is 0 Å². The molecule has 19 heavy (non-hydrogen) atoms. The number of rotatable bonds is 1. The molecule has 6 heteroatoms. The van der Waals surface area contributed by atoms with Gasteiger partial charge in [-0.05, 0) is 52.3 Å². The van der Waals surface area contributed by atoms with Crippen molar-refractivity contribution in [1.82, 2.24) is 9.55 Å². The second kappa shape index (κ2) is 4.92. The molecule has 1 aromatic heterocycles. The van der Waals surface area contributed by atoms with Crippen molar-refractivity contribution >= 4 is 64.8 Å². The molecule has 96 valence electrons. The van der Waals surface area contributed by atoms with Crippen LogP contribution in [0.2, 0.25) is 0 Å². The molecule has 0 aliphatic carbocycles. The predicted octanol–water partition coefficient (Wildman–Crippen LogP) is 4.90. The second-order valence-electron chi connectivity index (χ2n) is 4.03. The van der Waals surface area contributed by atoms with Crippen molar-refractivity contribution in [1.29, 1.82) is 0 Å². The van der Waals surface area contributed by atoms with E-state index in [1.54, 1.807) is 0 Å². The zero-order valence-corrected chi connectivity index (χ0v) is 14.3. The van der Waals surface area contributed by atoms with E-state index in [2.05, 4.69) is 52.8 Å². The average Bonchev–Trinajstić information content (AvgIpc) is 2.67. The minimum absolute atomic E-state index is 0.465. The molecule has 0 bridgehead atoms. The quantitative estimate of drug-likeness (QED) is 0.579. The minimum Gasteiger partial charge on any atom is -0.369 e. The summed E-state index contributed by atoms with van der Waals surface area (Å²) in [7, 11) is 0. The zero-order chi connectivity index (χ0) is 13.6. The maximum Gasteiger partial charge on any atom is 0.205 e.